The van der Waals surface area contributed by atoms with Gasteiger partial charge in [0.25, 0.3) is 0 Å². The SMILES string of the molecule is FC1=c2nc(Nc3ccc(OC(F)(F)F)cc3)ccc2=CCC1. The molecule has 0 fully saturated rings. The Bertz CT molecular complexity index is 829. The maximum atomic E-state index is 13.8. The lowest BCUT2D eigenvalue weighted by molar-refractivity contribution is -0.274. The fourth-order valence-electron chi connectivity index (χ4n) is 2.28. The number of anilines is 2. The van der Waals surface area contributed by atoms with E-state index >= 15 is 0 Å². The molecule has 23 heavy (non-hydrogen) atoms. The Balaban J connectivity index is 1.81. The Morgan fingerprint density at radius 1 is 1.04 bits per heavy atom. The van der Waals surface area contributed by atoms with Crippen LogP contribution in [0, 0.1) is 0 Å². The van der Waals surface area contributed by atoms with Gasteiger partial charge in [0.2, 0.25) is 0 Å². The van der Waals surface area contributed by atoms with Crippen LogP contribution >= 0.6 is 0 Å². The van der Waals surface area contributed by atoms with Gasteiger partial charge >= 0.3 is 6.36 Å². The van der Waals surface area contributed by atoms with E-state index in [-0.39, 0.29) is 11.6 Å². The van der Waals surface area contributed by atoms with Gasteiger partial charge in [-0.05, 0) is 48.0 Å². The fraction of sp³-hybridized carbons (Fsp3) is 0.188. The Hall–Kier alpha value is -2.57. The van der Waals surface area contributed by atoms with Gasteiger partial charge in [0.05, 0.1) is 0 Å². The zero-order valence-corrected chi connectivity index (χ0v) is 11.8. The number of ether oxygens (including phenoxy) is 1. The topological polar surface area (TPSA) is 34.2 Å². The number of rotatable bonds is 3. The number of halogens is 4. The fourth-order valence-corrected chi connectivity index (χ4v) is 2.28. The average molecular weight is 324 g/mol. The number of hydrogen-bond acceptors (Lipinski definition) is 3. The summed E-state index contributed by atoms with van der Waals surface area (Å²) in [6.45, 7) is 0. The molecule has 3 nitrogen and oxygen atoms in total. The van der Waals surface area contributed by atoms with Crippen LogP contribution in [0.1, 0.15) is 12.8 Å². The summed E-state index contributed by atoms with van der Waals surface area (Å²) in [4.78, 5) is 4.21. The van der Waals surface area contributed by atoms with Crippen LogP contribution in [0.5, 0.6) is 5.75 Å². The first kappa shape index (κ1) is 15.3. The Morgan fingerprint density at radius 3 is 2.48 bits per heavy atom. The van der Waals surface area contributed by atoms with E-state index in [9.17, 15) is 17.6 Å². The maximum absolute atomic E-state index is 13.8. The predicted molar refractivity (Wildman–Crippen MR) is 78.1 cm³/mol. The van der Waals surface area contributed by atoms with Crippen molar-refractivity contribution < 1.29 is 22.3 Å². The lowest BCUT2D eigenvalue weighted by Crippen LogP contribution is -2.32. The molecule has 0 amide bonds. The van der Waals surface area contributed by atoms with E-state index in [0.29, 0.717) is 29.7 Å². The number of nitrogens with zero attached hydrogens (tertiary/aromatic N) is 1. The highest BCUT2D eigenvalue weighted by Crippen LogP contribution is 2.24. The highest BCUT2D eigenvalue weighted by molar-refractivity contribution is 5.58. The number of benzene rings is 1. The smallest absolute Gasteiger partial charge is 0.406 e. The summed E-state index contributed by atoms with van der Waals surface area (Å²) in [6, 6.07) is 8.67. The third-order valence-corrected chi connectivity index (χ3v) is 3.27. The van der Waals surface area contributed by atoms with Gasteiger partial charge in [-0.25, -0.2) is 9.37 Å². The van der Waals surface area contributed by atoms with Gasteiger partial charge < -0.3 is 10.1 Å². The van der Waals surface area contributed by atoms with Crippen molar-refractivity contribution in [1.29, 1.82) is 0 Å². The number of fused-ring (bicyclic) bond motifs is 1. The molecule has 1 aromatic heterocycles. The van der Waals surface area contributed by atoms with Crippen LogP contribution in [-0.4, -0.2) is 11.3 Å². The largest absolute Gasteiger partial charge is 0.573 e. The van der Waals surface area contributed by atoms with E-state index in [1.165, 1.54) is 24.3 Å². The van der Waals surface area contributed by atoms with Crippen LogP contribution in [0.4, 0.5) is 29.1 Å². The number of nitrogens with one attached hydrogen (secondary N) is 1. The van der Waals surface area contributed by atoms with Crippen LogP contribution in [0.3, 0.4) is 0 Å². The van der Waals surface area contributed by atoms with Gasteiger partial charge in [0.15, 0.2) is 0 Å². The van der Waals surface area contributed by atoms with Gasteiger partial charge in [0, 0.05) is 12.1 Å². The number of aromatic nitrogens is 1. The average Bonchev–Trinajstić information content (AvgIpc) is 2.49. The second kappa shape index (κ2) is 5.91. The molecular formula is C16H12F4N2O. The predicted octanol–water partition coefficient (Wildman–Crippen LogP) is 3.38. The monoisotopic (exact) mass is 324 g/mol. The van der Waals surface area contributed by atoms with Crippen molar-refractivity contribution in [2.45, 2.75) is 19.2 Å². The summed E-state index contributed by atoms with van der Waals surface area (Å²) in [5.41, 5.74) is 0.521. The third-order valence-electron chi connectivity index (χ3n) is 3.27. The minimum Gasteiger partial charge on any atom is -0.406 e. The second-order valence-corrected chi connectivity index (χ2v) is 4.98. The quantitative estimate of drug-likeness (QED) is 0.879. The van der Waals surface area contributed by atoms with E-state index in [1.54, 1.807) is 12.1 Å². The minimum atomic E-state index is -4.72. The summed E-state index contributed by atoms with van der Waals surface area (Å²) in [5.74, 6) is -0.158. The first-order valence-electron chi connectivity index (χ1n) is 6.89. The molecule has 1 aromatic carbocycles. The lowest BCUT2D eigenvalue weighted by atomic mass is 10.1. The molecule has 1 aliphatic carbocycles. The molecule has 0 spiro atoms. The summed E-state index contributed by atoms with van der Waals surface area (Å²) in [6.07, 6.45) is -1.84. The van der Waals surface area contributed by atoms with Gasteiger partial charge in [-0.15, -0.1) is 13.2 Å². The first-order chi connectivity index (χ1) is 10.9. The van der Waals surface area contributed by atoms with Gasteiger partial charge in [-0.1, -0.05) is 6.08 Å². The Kier molecular flexibility index (Phi) is 3.94. The summed E-state index contributed by atoms with van der Waals surface area (Å²) >= 11 is 0. The van der Waals surface area contributed by atoms with E-state index in [1.807, 2.05) is 6.08 Å². The van der Waals surface area contributed by atoms with Crippen molar-refractivity contribution >= 4 is 23.4 Å². The number of hydrogen-bond donors (Lipinski definition) is 1. The lowest BCUT2D eigenvalue weighted by Gasteiger charge is -2.10. The van der Waals surface area contributed by atoms with E-state index in [0.717, 1.165) is 5.22 Å². The molecule has 0 bridgehead atoms. The summed E-state index contributed by atoms with van der Waals surface area (Å²) in [5, 5.41) is 3.97. The molecule has 7 heteroatoms. The molecule has 0 aliphatic heterocycles. The number of alkyl halides is 3. The highest BCUT2D eigenvalue weighted by Gasteiger charge is 2.30. The Labute approximate surface area is 128 Å². The van der Waals surface area contributed by atoms with E-state index in [4.69, 9.17) is 0 Å². The highest BCUT2D eigenvalue weighted by atomic mass is 19.4. The van der Waals surface area contributed by atoms with Crippen LogP contribution in [0.2, 0.25) is 0 Å². The van der Waals surface area contributed by atoms with Crippen LogP contribution in [-0.2, 0) is 0 Å². The normalized spacial score (nSPS) is 14.0. The van der Waals surface area contributed by atoms with Crippen LogP contribution in [0.25, 0.3) is 11.9 Å². The second-order valence-electron chi connectivity index (χ2n) is 4.98. The van der Waals surface area contributed by atoms with Gasteiger partial charge in [0.1, 0.15) is 22.7 Å². The first-order valence-corrected chi connectivity index (χ1v) is 6.89. The van der Waals surface area contributed by atoms with Crippen molar-refractivity contribution in [3.63, 3.8) is 0 Å². The molecule has 1 aliphatic rings. The van der Waals surface area contributed by atoms with Crippen LogP contribution < -0.4 is 20.6 Å². The van der Waals surface area contributed by atoms with E-state index < -0.39 is 6.36 Å². The zero-order chi connectivity index (χ0) is 16.4. The molecule has 0 atom stereocenters. The molecule has 0 saturated carbocycles. The van der Waals surface area contributed by atoms with Crippen LogP contribution in [0.15, 0.2) is 36.4 Å². The standard InChI is InChI=1S/C16H12F4N2O/c17-13-3-1-2-10-4-9-14(22-15(10)13)21-11-5-7-12(8-6-11)23-16(18,19)20/h2,4-9H,1,3H2,(H,21,22). The molecule has 0 saturated heterocycles. The van der Waals surface area contributed by atoms with Gasteiger partial charge in [-0.2, -0.15) is 0 Å². The molecule has 2 aromatic rings. The third kappa shape index (κ3) is 3.80. The van der Waals surface area contributed by atoms with E-state index in [2.05, 4.69) is 15.0 Å². The number of pyridine rings is 1. The molecule has 120 valence electrons. The van der Waals surface area contributed by atoms with Gasteiger partial charge in [-0.3, -0.25) is 0 Å². The molecule has 0 unspecified atom stereocenters. The molecular weight excluding hydrogens is 312 g/mol. The van der Waals surface area contributed by atoms with Crippen molar-refractivity contribution in [2.24, 2.45) is 0 Å². The van der Waals surface area contributed by atoms with Crippen molar-refractivity contribution in [3.05, 3.63) is 47.0 Å². The molecule has 1 N–H and O–H groups in total. The maximum Gasteiger partial charge on any atom is 0.573 e. The van der Waals surface area contributed by atoms with Crippen molar-refractivity contribution in [1.82, 2.24) is 4.98 Å². The minimum absolute atomic E-state index is 0.264. The summed E-state index contributed by atoms with van der Waals surface area (Å²) in [7, 11) is 0. The summed E-state index contributed by atoms with van der Waals surface area (Å²) < 4.78 is 53.9. The zero-order valence-electron chi connectivity index (χ0n) is 11.8. The van der Waals surface area contributed by atoms with Crippen molar-refractivity contribution in [3.8, 4) is 5.75 Å². The van der Waals surface area contributed by atoms with Crippen molar-refractivity contribution in [2.75, 3.05) is 5.32 Å². The molecule has 0 radical (unpaired) electrons. The molecule has 3 rings (SSSR count). The Morgan fingerprint density at radius 2 is 1.78 bits per heavy atom. The molecule has 1 heterocycles.